The van der Waals surface area contributed by atoms with Gasteiger partial charge >= 0.3 is 0 Å². The number of amides is 1. The summed E-state index contributed by atoms with van der Waals surface area (Å²) in [7, 11) is -7.61. The van der Waals surface area contributed by atoms with Gasteiger partial charge in [0.05, 0.1) is 9.79 Å². The van der Waals surface area contributed by atoms with Crippen LogP contribution < -0.4 is 10.0 Å². The zero-order chi connectivity index (χ0) is 28.2. The lowest BCUT2D eigenvalue weighted by Crippen LogP contribution is -2.27. The largest absolute Gasteiger partial charge is 0.351 e. The van der Waals surface area contributed by atoms with Crippen LogP contribution in [0.3, 0.4) is 0 Å². The van der Waals surface area contributed by atoms with E-state index < -0.39 is 25.8 Å². The van der Waals surface area contributed by atoms with Crippen molar-refractivity contribution in [1.29, 1.82) is 0 Å². The van der Waals surface area contributed by atoms with Gasteiger partial charge in [0.25, 0.3) is 5.91 Å². The number of unbranched alkanes of at least 4 members (excludes halogenated alkanes) is 2. The molecule has 0 aliphatic heterocycles. The molecule has 3 aromatic carbocycles. The van der Waals surface area contributed by atoms with Crippen molar-refractivity contribution < 1.29 is 21.6 Å². The van der Waals surface area contributed by atoms with Gasteiger partial charge in [0.15, 0.2) is 0 Å². The van der Waals surface area contributed by atoms with Crippen LogP contribution in [0.4, 0.5) is 0 Å². The molecule has 8 nitrogen and oxygen atoms in total. The lowest BCUT2D eigenvalue weighted by atomic mass is 10.2. The number of H-pyrrole nitrogens is 1. The zero-order valence-corrected chi connectivity index (χ0v) is 24.0. The normalized spacial score (nSPS) is 12.1. The minimum atomic E-state index is -4.06. The van der Waals surface area contributed by atoms with Crippen LogP contribution >= 0.6 is 11.6 Å². The molecule has 1 heterocycles. The third-order valence-electron chi connectivity index (χ3n) is 6.20. The molecule has 0 bridgehead atoms. The SMILES string of the molecule is Cc1cc(C)cc(S(=O)(=O)c2c(C(=O)NCCCCCNS(=O)(=O)c3ccccc3)[nH]c3ccc(Cl)cc23)c1. The first kappa shape index (κ1) is 28.8. The molecule has 0 aliphatic rings. The van der Waals surface area contributed by atoms with E-state index in [4.69, 9.17) is 11.6 Å². The van der Waals surface area contributed by atoms with Crippen molar-refractivity contribution in [2.24, 2.45) is 0 Å². The van der Waals surface area contributed by atoms with E-state index in [1.807, 2.05) is 19.9 Å². The molecule has 1 amide bonds. The number of fused-ring (bicyclic) bond motifs is 1. The molecule has 3 N–H and O–H groups in total. The fourth-order valence-corrected chi connectivity index (χ4v) is 7.45. The minimum Gasteiger partial charge on any atom is -0.351 e. The molecular weight excluding hydrogens is 558 g/mol. The first-order valence-electron chi connectivity index (χ1n) is 12.5. The standard InChI is InChI=1S/C28H30ClN3O5S2/c1-19-15-20(2)17-23(16-19)38(34,35)27-24-18-21(29)11-12-25(24)32-26(27)28(33)30-13-7-4-8-14-31-39(36,37)22-9-5-3-6-10-22/h3,5-6,9-12,15-18,31-32H,4,7-8,13-14H2,1-2H3,(H,30,33). The van der Waals surface area contributed by atoms with Crippen molar-refractivity contribution in [3.8, 4) is 0 Å². The van der Waals surface area contributed by atoms with E-state index in [1.54, 1.807) is 42.5 Å². The van der Waals surface area contributed by atoms with Crippen molar-refractivity contribution >= 4 is 48.3 Å². The molecule has 4 aromatic rings. The van der Waals surface area contributed by atoms with Gasteiger partial charge in [0.2, 0.25) is 19.9 Å². The van der Waals surface area contributed by atoms with Crippen LogP contribution in [0.25, 0.3) is 10.9 Å². The summed E-state index contributed by atoms with van der Waals surface area (Å²) in [4.78, 5) is 16.3. The van der Waals surface area contributed by atoms with Crippen molar-refractivity contribution in [2.45, 2.75) is 47.8 Å². The number of sulfone groups is 1. The van der Waals surface area contributed by atoms with E-state index in [-0.39, 0.29) is 26.9 Å². The Kier molecular flexibility index (Phi) is 8.80. The van der Waals surface area contributed by atoms with Gasteiger partial charge in [-0.3, -0.25) is 4.79 Å². The number of nitrogens with one attached hydrogen (secondary N) is 3. The van der Waals surface area contributed by atoms with Crippen LogP contribution in [-0.4, -0.2) is 40.8 Å². The van der Waals surface area contributed by atoms with Crippen LogP contribution in [0.1, 0.15) is 40.9 Å². The highest BCUT2D eigenvalue weighted by atomic mass is 35.5. The zero-order valence-electron chi connectivity index (χ0n) is 21.6. The average Bonchev–Trinajstić information content (AvgIpc) is 3.27. The van der Waals surface area contributed by atoms with Crippen molar-refractivity contribution in [3.05, 3.63) is 88.6 Å². The summed E-state index contributed by atoms with van der Waals surface area (Å²) >= 11 is 6.18. The number of benzene rings is 3. The molecule has 0 spiro atoms. The van der Waals surface area contributed by atoms with E-state index in [2.05, 4.69) is 15.0 Å². The quantitative estimate of drug-likeness (QED) is 0.209. The second kappa shape index (κ2) is 11.9. The predicted molar refractivity (Wildman–Crippen MR) is 152 cm³/mol. The summed E-state index contributed by atoms with van der Waals surface area (Å²) in [5.41, 5.74) is 2.02. The average molecular weight is 588 g/mol. The molecule has 0 atom stereocenters. The number of carbonyl (C=O) groups excluding carboxylic acids is 1. The molecular formula is C28H30ClN3O5S2. The van der Waals surface area contributed by atoms with Crippen LogP contribution in [0.15, 0.2) is 81.4 Å². The second-order valence-corrected chi connectivity index (χ2v) is 13.5. The molecule has 0 fully saturated rings. The fourth-order valence-electron chi connectivity index (χ4n) is 4.39. The number of rotatable bonds is 11. The van der Waals surface area contributed by atoms with Crippen molar-refractivity contribution in [2.75, 3.05) is 13.1 Å². The molecule has 206 valence electrons. The smallest absolute Gasteiger partial charge is 0.269 e. The van der Waals surface area contributed by atoms with Gasteiger partial charge in [-0.1, -0.05) is 42.3 Å². The van der Waals surface area contributed by atoms with Gasteiger partial charge in [-0.15, -0.1) is 0 Å². The molecule has 11 heteroatoms. The molecule has 0 unspecified atom stereocenters. The number of hydrogen-bond donors (Lipinski definition) is 3. The Morgan fingerprint density at radius 1 is 0.821 bits per heavy atom. The number of aromatic nitrogens is 1. The first-order chi connectivity index (χ1) is 18.5. The Bertz CT molecular complexity index is 1700. The Morgan fingerprint density at radius 3 is 2.18 bits per heavy atom. The maximum absolute atomic E-state index is 13.8. The Hall–Kier alpha value is -3.18. The number of carbonyl (C=O) groups is 1. The number of hydrogen-bond acceptors (Lipinski definition) is 5. The molecule has 0 saturated carbocycles. The second-order valence-electron chi connectivity index (χ2n) is 9.37. The summed E-state index contributed by atoms with van der Waals surface area (Å²) < 4.78 is 54.7. The van der Waals surface area contributed by atoms with Gasteiger partial charge in [0, 0.05) is 29.0 Å². The Morgan fingerprint density at radius 2 is 1.49 bits per heavy atom. The third-order valence-corrected chi connectivity index (χ3v) is 9.73. The van der Waals surface area contributed by atoms with Crippen molar-refractivity contribution in [1.82, 2.24) is 15.0 Å². The van der Waals surface area contributed by atoms with Gasteiger partial charge in [0.1, 0.15) is 10.6 Å². The van der Waals surface area contributed by atoms with E-state index in [1.165, 1.54) is 18.2 Å². The van der Waals surface area contributed by atoms with Crippen LogP contribution in [0.5, 0.6) is 0 Å². The molecule has 0 radical (unpaired) electrons. The Balaban J connectivity index is 1.43. The summed E-state index contributed by atoms with van der Waals surface area (Å²) in [6.07, 6.45) is 1.83. The molecule has 4 rings (SSSR count). The Labute approximate surface area is 233 Å². The van der Waals surface area contributed by atoms with Gasteiger partial charge < -0.3 is 10.3 Å². The molecule has 0 saturated heterocycles. The number of halogens is 1. The summed E-state index contributed by atoms with van der Waals surface area (Å²) in [6.45, 7) is 4.20. The van der Waals surface area contributed by atoms with Gasteiger partial charge in [-0.2, -0.15) is 0 Å². The van der Waals surface area contributed by atoms with Gasteiger partial charge in [-0.25, -0.2) is 21.6 Å². The molecule has 0 aliphatic carbocycles. The first-order valence-corrected chi connectivity index (χ1v) is 15.8. The van der Waals surface area contributed by atoms with Crippen LogP contribution in [-0.2, 0) is 19.9 Å². The minimum absolute atomic E-state index is 0.0537. The predicted octanol–water partition coefficient (Wildman–Crippen LogP) is 5.15. The maximum atomic E-state index is 13.8. The fraction of sp³-hybridized carbons (Fsp3) is 0.250. The maximum Gasteiger partial charge on any atom is 0.269 e. The highest BCUT2D eigenvalue weighted by Crippen LogP contribution is 2.34. The number of aryl methyl sites for hydroxylation is 2. The highest BCUT2D eigenvalue weighted by Gasteiger charge is 2.30. The molecule has 39 heavy (non-hydrogen) atoms. The van der Waals surface area contributed by atoms with Crippen molar-refractivity contribution in [3.63, 3.8) is 0 Å². The summed E-state index contributed by atoms with van der Waals surface area (Å²) in [5, 5.41) is 3.49. The number of sulfonamides is 1. The highest BCUT2D eigenvalue weighted by molar-refractivity contribution is 7.91. The topological polar surface area (TPSA) is 125 Å². The van der Waals surface area contributed by atoms with Crippen LogP contribution in [0.2, 0.25) is 5.02 Å². The van der Waals surface area contributed by atoms with Gasteiger partial charge in [-0.05, 0) is 80.3 Å². The number of aromatic amines is 1. The molecule has 1 aromatic heterocycles. The van der Waals surface area contributed by atoms with E-state index in [9.17, 15) is 21.6 Å². The lowest BCUT2D eigenvalue weighted by Gasteiger charge is -2.10. The monoisotopic (exact) mass is 587 g/mol. The third kappa shape index (κ3) is 6.70. The van der Waals surface area contributed by atoms with E-state index in [0.29, 0.717) is 41.7 Å². The van der Waals surface area contributed by atoms with E-state index in [0.717, 1.165) is 11.1 Å². The lowest BCUT2D eigenvalue weighted by molar-refractivity contribution is 0.0945. The van der Waals surface area contributed by atoms with Crippen LogP contribution in [0, 0.1) is 13.8 Å². The summed E-state index contributed by atoms with van der Waals surface area (Å²) in [5.74, 6) is -0.546. The summed E-state index contributed by atoms with van der Waals surface area (Å²) in [6, 6.07) is 18.0. The van der Waals surface area contributed by atoms with E-state index >= 15 is 0 Å².